The zero-order valence-corrected chi connectivity index (χ0v) is 12.3. The highest BCUT2D eigenvalue weighted by molar-refractivity contribution is 7.91. The Morgan fingerprint density at radius 3 is 2.58 bits per heavy atom. The molecule has 0 saturated carbocycles. The van der Waals surface area contributed by atoms with Gasteiger partial charge in [-0.1, -0.05) is 29.8 Å². The number of sulfone groups is 1. The molecule has 2 atom stereocenters. The first-order valence-electron chi connectivity index (χ1n) is 5.74. The van der Waals surface area contributed by atoms with Gasteiger partial charge in [-0.2, -0.15) is 0 Å². The first-order valence-corrected chi connectivity index (χ1v) is 8.38. The number of carbonyl (C=O) groups excluding carboxylic acids is 1. The van der Waals surface area contributed by atoms with E-state index in [1.165, 1.54) is 0 Å². The molecule has 1 fully saturated rings. The van der Waals surface area contributed by atoms with Crippen molar-refractivity contribution in [1.82, 2.24) is 5.32 Å². The minimum absolute atomic E-state index is 0.0917. The summed E-state index contributed by atoms with van der Waals surface area (Å²) in [5, 5.41) is 2.60. The molecule has 0 radical (unpaired) electrons. The summed E-state index contributed by atoms with van der Waals surface area (Å²) in [6.45, 7) is 0. The van der Waals surface area contributed by atoms with Crippen LogP contribution in [0.4, 0.5) is 0 Å². The highest BCUT2D eigenvalue weighted by Gasteiger charge is 2.37. The highest BCUT2D eigenvalue weighted by atomic mass is 35.5. The van der Waals surface area contributed by atoms with Crippen LogP contribution in [0.25, 0.3) is 0 Å². The van der Waals surface area contributed by atoms with Crippen LogP contribution >= 0.6 is 23.2 Å². The summed E-state index contributed by atoms with van der Waals surface area (Å²) < 4.78 is 22.8. The third-order valence-corrected chi connectivity index (χ3v) is 5.68. The van der Waals surface area contributed by atoms with E-state index >= 15 is 0 Å². The van der Waals surface area contributed by atoms with Gasteiger partial charge in [0, 0.05) is 5.02 Å². The predicted molar refractivity (Wildman–Crippen MR) is 75.4 cm³/mol. The molecule has 1 N–H and O–H groups in total. The molecule has 2 unspecified atom stereocenters. The summed E-state index contributed by atoms with van der Waals surface area (Å²) in [5.41, 5.74) is 0.702. The van der Waals surface area contributed by atoms with Crippen LogP contribution in [0.5, 0.6) is 0 Å². The molecule has 1 aromatic rings. The molecule has 7 heteroatoms. The first kappa shape index (κ1) is 14.6. The Morgan fingerprint density at radius 1 is 1.32 bits per heavy atom. The van der Waals surface area contributed by atoms with Crippen LogP contribution in [0, 0.1) is 0 Å². The number of hydrogen-bond donors (Lipinski definition) is 1. The van der Waals surface area contributed by atoms with E-state index in [2.05, 4.69) is 5.32 Å². The monoisotopic (exact) mass is 321 g/mol. The Bertz CT molecular complexity index is 588. The second-order valence-electron chi connectivity index (χ2n) is 4.54. The van der Waals surface area contributed by atoms with Crippen LogP contribution in [0.3, 0.4) is 0 Å². The molecule has 19 heavy (non-hydrogen) atoms. The number of nitrogens with one attached hydrogen (secondary N) is 1. The van der Waals surface area contributed by atoms with E-state index in [9.17, 15) is 13.2 Å². The van der Waals surface area contributed by atoms with E-state index in [1.807, 2.05) is 0 Å². The molecule has 1 aliphatic rings. The van der Waals surface area contributed by atoms with Gasteiger partial charge in [-0.25, -0.2) is 8.42 Å². The molecule has 1 aliphatic heterocycles. The number of halogens is 2. The maximum atomic E-state index is 11.9. The molecule has 0 aromatic heterocycles. The summed E-state index contributed by atoms with van der Waals surface area (Å²) >= 11 is 11.9. The SMILES string of the molecule is O=C(Cc1ccccc1Cl)NC1CS(=O)(=O)CC1Cl. The molecule has 0 spiro atoms. The normalized spacial score (nSPS) is 25.2. The lowest BCUT2D eigenvalue weighted by Gasteiger charge is -2.14. The summed E-state index contributed by atoms with van der Waals surface area (Å²) in [4.78, 5) is 11.9. The van der Waals surface area contributed by atoms with E-state index in [1.54, 1.807) is 24.3 Å². The largest absolute Gasteiger partial charge is 0.351 e. The van der Waals surface area contributed by atoms with Crippen molar-refractivity contribution in [3.05, 3.63) is 34.9 Å². The van der Waals surface area contributed by atoms with Crippen molar-refractivity contribution in [3.8, 4) is 0 Å². The number of carbonyl (C=O) groups is 1. The quantitative estimate of drug-likeness (QED) is 0.856. The molecule has 2 rings (SSSR count). The van der Waals surface area contributed by atoms with Gasteiger partial charge in [0.15, 0.2) is 9.84 Å². The molecular formula is C12H13Cl2NO3S. The van der Waals surface area contributed by atoms with Crippen molar-refractivity contribution in [2.75, 3.05) is 11.5 Å². The van der Waals surface area contributed by atoms with Crippen LogP contribution in [0.15, 0.2) is 24.3 Å². The maximum Gasteiger partial charge on any atom is 0.224 e. The van der Waals surface area contributed by atoms with Crippen molar-refractivity contribution in [2.24, 2.45) is 0 Å². The number of alkyl halides is 1. The third kappa shape index (κ3) is 3.84. The zero-order chi connectivity index (χ0) is 14.0. The fourth-order valence-corrected chi connectivity index (χ4v) is 4.76. The molecule has 1 aromatic carbocycles. The van der Waals surface area contributed by atoms with Crippen LogP contribution < -0.4 is 5.32 Å². The molecule has 0 bridgehead atoms. The Balaban J connectivity index is 1.98. The van der Waals surface area contributed by atoms with E-state index in [0.717, 1.165) is 0 Å². The van der Waals surface area contributed by atoms with Gasteiger partial charge in [-0.05, 0) is 11.6 Å². The molecule has 1 amide bonds. The Kier molecular flexibility index (Phi) is 4.38. The van der Waals surface area contributed by atoms with E-state index in [4.69, 9.17) is 23.2 Å². The predicted octanol–water partition coefficient (Wildman–Crippen LogP) is 1.40. The van der Waals surface area contributed by atoms with E-state index in [0.29, 0.717) is 10.6 Å². The fourth-order valence-electron chi connectivity index (χ4n) is 2.01. The molecule has 104 valence electrons. The van der Waals surface area contributed by atoms with Crippen LogP contribution in [-0.2, 0) is 21.1 Å². The second kappa shape index (κ2) is 5.69. The lowest BCUT2D eigenvalue weighted by Crippen LogP contribution is -2.41. The van der Waals surface area contributed by atoms with Gasteiger partial charge in [-0.3, -0.25) is 4.79 Å². The third-order valence-electron chi connectivity index (χ3n) is 2.94. The van der Waals surface area contributed by atoms with Crippen molar-refractivity contribution in [1.29, 1.82) is 0 Å². The van der Waals surface area contributed by atoms with Crippen molar-refractivity contribution >= 4 is 38.9 Å². The first-order chi connectivity index (χ1) is 8.87. The number of hydrogen-bond acceptors (Lipinski definition) is 3. The molecule has 0 aliphatic carbocycles. The van der Waals surface area contributed by atoms with Gasteiger partial charge in [0.1, 0.15) is 0 Å². The van der Waals surface area contributed by atoms with Crippen molar-refractivity contribution in [3.63, 3.8) is 0 Å². The average Bonchev–Trinajstić information content (AvgIpc) is 2.55. The van der Waals surface area contributed by atoms with Crippen LogP contribution in [0.2, 0.25) is 5.02 Å². The molecule has 1 saturated heterocycles. The van der Waals surface area contributed by atoms with Gasteiger partial charge in [0.05, 0.1) is 29.3 Å². The van der Waals surface area contributed by atoms with Gasteiger partial charge in [0.2, 0.25) is 5.91 Å². The van der Waals surface area contributed by atoms with Gasteiger partial charge >= 0.3 is 0 Å². The minimum atomic E-state index is -3.14. The summed E-state index contributed by atoms with van der Waals surface area (Å²) in [6.07, 6.45) is 0.111. The standard InChI is InChI=1S/C12H13Cl2NO3S/c13-9-4-2-1-3-8(9)5-12(16)15-11-7-19(17,18)6-10(11)14/h1-4,10-11H,5-7H2,(H,15,16). The lowest BCUT2D eigenvalue weighted by atomic mass is 10.1. The molecule has 4 nitrogen and oxygen atoms in total. The topological polar surface area (TPSA) is 63.2 Å². The van der Waals surface area contributed by atoms with Crippen molar-refractivity contribution in [2.45, 2.75) is 17.8 Å². The van der Waals surface area contributed by atoms with Gasteiger partial charge < -0.3 is 5.32 Å². The van der Waals surface area contributed by atoms with Crippen LogP contribution in [0.1, 0.15) is 5.56 Å². The van der Waals surface area contributed by atoms with E-state index < -0.39 is 21.3 Å². The maximum absolute atomic E-state index is 11.9. The molecule has 1 heterocycles. The lowest BCUT2D eigenvalue weighted by molar-refractivity contribution is -0.120. The Morgan fingerprint density at radius 2 is 2.00 bits per heavy atom. The number of amides is 1. The average molecular weight is 322 g/mol. The van der Waals surface area contributed by atoms with Gasteiger partial charge in [-0.15, -0.1) is 11.6 Å². The number of benzene rings is 1. The fraction of sp³-hybridized carbons (Fsp3) is 0.417. The Labute approximate surface area is 122 Å². The summed E-state index contributed by atoms with van der Waals surface area (Å²) in [7, 11) is -3.14. The Hall–Kier alpha value is -0.780. The second-order valence-corrected chi connectivity index (χ2v) is 7.66. The highest BCUT2D eigenvalue weighted by Crippen LogP contribution is 2.19. The smallest absolute Gasteiger partial charge is 0.224 e. The molecular weight excluding hydrogens is 309 g/mol. The number of rotatable bonds is 3. The zero-order valence-electron chi connectivity index (χ0n) is 9.97. The summed E-state index contributed by atoms with van der Waals surface area (Å²) in [6, 6.07) is 6.50. The summed E-state index contributed by atoms with van der Waals surface area (Å²) in [5.74, 6) is -0.470. The minimum Gasteiger partial charge on any atom is -0.351 e. The van der Waals surface area contributed by atoms with E-state index in [-0.39, 0.29) is 23.8 Å². The van der Waals surface area contributed by atoms with Crippen LogP contribution in [-0.4, -0.2) is 37.2 Å². The van der Waals surface area contributed by atoms with Gasteiger partial charge in [0.25, 0.3) is 0 Å². The van der Waals surface area contributed by atoms with Crippen molar-refractivity contribution < 1.29 is 13.2 Å².